The van der Waals surface area contributed by atoms with Gasteiger partial charge in [0, 0.05) is 6.20 Å². The molecule has 0 amide bonds. The minimum atomic E-state index is -1.24. The molecule has 0 aliphatic rings. The highest BCUT2D eigenvalue weighted by Crippen LogP contribution is 2.13. The maximum atomic E-state index is 10.0. The Kier molecular flexibility index (Phi) is 17.7. The van der Waals surface area contributed by atoms with Crippen molar-refractivity contribution in [3.8, 4) is 0 Å². The third-order valence-corrected chi connectivity index (χ3v) is 5.06. The van der Waals surface area contributed by atoms with E-state index < -0.39 is 5.97 Å². The molecule has 0 N–H and O–H groups in total. The van der Waals surface area contributed by atoms with Gasteiger partial charge >= 0.3 is 0 Å². The van der Waals surface area contributed by atoms with E-state index in [1.54, 1.807) is 12.1 Å². The molecule has 0 unspecified atom stereocenters. The van der Waals surface area contributed by atoms with Gasteiger partial charge in [0.15, 0.2) is 0 Å². The van der Waals surface area contributed by atoms with E-state index in [2.05, 4.69) is 33.1 Å². The van der Waals surface area contributed by atoms with E-state index in [1.807, 2.05) is 0 Å². The Labute approximate surface area is 180 Å². The van der Waals surface area contributed by atoms with Crippen LogP contribution in [0.4, 0.5) is 0 Å². The number of pyridine rings is 1. The predicted octanol–water partition coefficient (Wildman–Crippen LogP) is 5.62. The molecular weight excluding hydrogens is 360 g/mol. The number of hydrogen-bond donors (Lipinski definition) is 0. The molecule has 0 fully saturated rings. The number of carboxylic acids is 1. The van der Waals surface area contributed by atoms with Crippen molar-refractivity contribution in [3.05, 3.63) is 30.1 Å². The monoisotopic (exact) mass is 406 g/mol. The minimum absolute atomic E-state index is 0.0301. The molecule has 0 aliphatic heterocycles. The molecule has 1 rings (SSSR count). The first-order chi connectivity index (χ1) is 13.9. The van der Waals surface area contributed by atoms with Gasteiger partial charge in [0.25, 0.3) is 0 Å². The SMILES string of the molecule is CCCCCCCCCCCCCCCC[N+](C)(C)C.O=C([O-])c1ccccn1. The van der Waals surface area contributed by atoms with Crippen LogP contribution in [0.15, 0.2) is 24.4 Å². The van der Waals surface area contributed by atoms with Crippen LogP contribution in [0, 0.1) is 0 Å². The lowest BCUT2D eigenvalue weighted by Crippen LogP contribution is -2.35. The Balaban J connectivity index is 0.000000717. The van der Waals surface area contributed by atoms with Gasteiger partial charge in [-0.15, -0.1) is 0 Å². The highest BCUT2D eigenvalue weighted by molar-refractivity contribution is 5.83. The molecule has 0 saturated heterocycles. The summed E-state index contributed by atoms with van der Waals surface area (Å²) < 4.78 is 1.12. The maximum Gasteiger partial charge on any atom is 0.0899 e. The molecular formula is C25H46N2O2. The molecule has 0 bridgehead atoms. The normalized spacial score (nSPS) is 11.0. The van der Waals surface area contributed by atoms with Gasteiger partial charge in [0.05, 0.1) is 39.4 Å². The molecule has 0 spiro atoms. The van der Waals surface area contributed by atoms with Gasteiger partial charge in [0.1, 0.15) is 0 Å². The summed E-state index contributed by atoms with van der Waals surface area (Å²) in [5.74, 6) is -1.24. The number of carbonyl (C=O) groups is 1. The molecule has 29 heavy (non-hydrogen) atoms. The molecule has 0 radical (unpaired) electrons. The maximum absolute atomic E-state index is 10.0. The fourth-order valence-electron chi connectivity index (χ4n) is 3.26. The quantitative estimate of drug-likeness (QED) is 0.264. The van der Waals surface area contributed by atoms with E-state index in [9.17, 15) is 9.90 Å². The number of carbonyl (C=O) groups excluding carboxylic acids is 1. The molecule has 1 heterocycles. The summed E-state index contributed by atoms with van der Waals surface area (Å²) in [7, 11) is 6.88. The first kappa shape index (κ1) is 27.6. The van der Waals surface area contributed by atoms with E-state index in [4.69, 9.17) is 0 Å². The van der Waals surface area contributed by atoms with Crippen molar-refractivity contribution in [1.82, 2.24) is 4.98 Å². The van der Waals surface area contributed by atoms with Crippen molar-refractivity contribution in [2.24, 2.45) is 0 Å². The number of carboxylic acid groups (broad SMARTS) is 1. The second-order valence-corrected chi connectivity index (χ2v) is 9.11. The third-order valence-electron chi connectivity index (χ3n) is 5.06. The van der Waals surface area contributed by atoms with Crippen molar-refractivity contribution in [2.75, 3.05) is 27.7 Å². The lowest BCUT2D eigenvalue weighted by atomic mass is 10.0. The number of hydrogen-bond acceptors (Lipinski definition) is 3. The second kappa shape index (κ2) is 18.6. The van der Waals surface area contributed by atoms with E-state index in [1.165, 1.54) is 109 Å². The highest BCUT2D eigenvalue weighted by atomic mass is 16.4. The number of rotatable bonds is 16. The number of aromatic carboxylic acids is 1. The molecule has 0 saturated carbocycles. The van der Waals surface area contributed by atoms with Gasteiger partial charge in [-0.2, -0.15) is 0 Å². The average Bonchev–Trinajstić information content (AvgIpc) is 2.68. The van der Waals surface area contributed by atoms with Gasteiger partial charge in [-0.3, -0.25) is 4.98 Å². The van der Waals surface area contributed by atoms with E-state index in [0.717, 1.165) is 4.48 Å². The van der Waals surface area contributed by atoms with Crippen LogP contribution in [0.25, 0.3) is 0 Å². The molecule has 0 aromatic carbocycles. The van der Waals surface area contributed by atoms with E-state index >= 15 is 0 Å². The van der Waals surface area contributed by atoms with Gasteiger partial charge in [-0.1, -0.05) is 90.0 Å². The number of nitrogens with zero attached hydrogens (tertiary/aromatic N) is 2. The van der Waals surface area contributed by atoms with Crippen LogP contribution in [-0.4, -0.2) is 43.1 Å². The zero-order valence-electron chi connectivity index (χ0n) is 19.6. The molecule has 4 heteroatoms. The summed E-state index contributed by atoms with van der Waals surface area (Å²) in [6, 6.07) is 4.62. The Hall–Kier alpha value is -1.42. The van der Waals surface area contributed by atoms with Crippen LogP contribution in [0.3, 0.4) is 0 Å². The summed E-state index contributed by atoms with van der Waals surface area (Å²) in [6.45, 7) is 3.63. The lowest BCUT2D eigenvalue weighted by molar-refractivity contribution is -0.870. The van der Waals surface area contributed by atoms with Crippen molar-refractivity contribution in [1.29, 1.82) is 0 Å². The predicted molar refractivity (Wildman–Crippen MR) is 122 cm³/mol. The number of quaternary nitrogens is 1. The molecule has 0 atom stereocenters. The lowest BCUT2D eigenvalue weighted by Gasteiger charge is -2.23. The number of aromatic nitrogens is 1. The standard InChI is InChI=1S/C19H42N.C6H5NO2/c1-5-6-7-8-9-10-11-12-13-14-15-16-17-18-19-20(2,3)4;8-6(9)5-3-1-2-4-7-5/h5-19H2,1-4H3;1-4H,(H,8,9)/q+1;/p-1. The first-order valence-electron chi connectivity index (χ1n) is 11.8. The van der Waals surface area contributed by atoms with Crippen LogP contribution in [0.2, 0.25) is 0 Å². The zero-order chi connectivity index (χ0) is 21.8. The van der Waals surface area contributed by atoms with Gasteiger partial charge < -0.3 is 14.4 Å². The van der Waals surface area contributed by atoms with Crippen LogP contribution >= 0.6 is 0 Å². The van der Waals surface area contributed by atoms with Gasteiger partial charge in [-0.25, -0.2) is 0 Å². The fraction of sp³-hybridized carbons (Fsp3) is 0.760. The molecule has 1 aromatic heterocycles. The van der Waals surface area contributed by atoms with Crippen LogP contribution < -0.4 is 5.11 Å². The third kappa shape index (κ3) is 21.1. The van der Waals surface area contributed by atoms with E-state index in [-0.39, 0.29) is 5.69 Å². The largest absolute Gasteiger partial charge is 0.543 e. The van der Waals surface area contributed by atoms with Gasteiger partial charge in [-0.05, 0) is 25.0 Å². The molecule has 0 aliphatic carbocycles. The van der Waals surface area contributed by atoms with Crippen molar-refractivity contribution in [2.45, 2.75) is 96.8 Å². The average molecular weight is 407 g/mol. The molecule has 4 nitrogen and oxygen atoms in total. The Bertz CT molecular complexity index is 483. The summed E-state index contributed by atoms with van der Waals surface area (Å²) in [4.78, 5) is 13.5. The van der Waals surface area contributed by atoms with Crippen molar-refractivity contribution < 1.29 is 14.4 Å². The minimum Gasteiger partial charge on any atom is -0.543 e. The van der Waals surface area contributed by atoms with Crippen molar-refractivity contribution >= 4 is 5.97 Å². The Morgan fingerprint density at radius 3 is 1.55 bits per heavy atom. The summed E-state index contributed by atoms with van der Waals surface area (Å²) in [6.07, 6.45) is 21.8. The summed E-state index contributed by atoms with van der Waals surface area (Å²) in [5, 5.41) is 10.0. The molecule has 168 valence electrons. The van der Waals surface area contributed by atoms with Crippen LogP contribution in [0.5, 0.6) is 0 Å². The summed E-state index contributed by atoms with van der Waals surface area (Å²) >= 11 is 0. The van der Waals surface area contributed by atoms with E-state index in [0.29, 0.717) is 0 Å². The summed E-state index contributed by atoms with van der Waals surface area (Å²) in [5.41, 5.74) is -0.0301. The van der Waals surface area contributed by atoms with Gasteiger partial charge in [0.2, 0.25) is 0 Å². The molecule has 1 aromatic rings. The second-order valence-electron chi connectivity index (χ2n) is 9.11. The van der Waals surface area contributed by atoms with Crippen LogP contribution in [-0.2, 0) is 0 Å². The zero-order valence-corrected chi connectivity index (χ0v) is 19.6. The highest BCUT2D eigenvalue weighted by Gasteiger charge is 2.04. The number of unbranched alkanes of at least 4 members (excludes halogenated alkanes) is 13. The topological polar surface area (TPSA) is 53.0 Å². The fourth-order valence-corrected chi connectivity index (χ4v) is 3.26. The smallest absolute Gasteiger partial charge is 0.0899 e. The Morgan fingerprint density at radius 1 is 0.793 bits per heavy atom. The Morgan fingerprint density at radius 2 is 1.24 bits per heavy atom. The van der Waals surface area contributed by atoms with Crippen LogP contribution in [0.1, 0.15) is 107 Å². The first-order valence-corrected chi connectivity index (χ1v) is 11.8. The van der Waals surface area contributed by atoms with Crippen molar-refractivity contribution in [3.63, 3.8) is 0 Å².